The first kappa shape index (κ1) is 24.8. The molecule has 0 spiro atoms. The summed E-state index contributed by atoms with van der Waals surface area (Å²) >= 11 is 1.19. The SMILES string of the molecule is COc1cccc([C@@H]2C(C(=O)Nc3ccccc3)=C(C)N=c3s/c(=C\c4ccc([N+](=O)[O-])cc4)c(=O)n32)c1. The third-order valence-corrected chi connectivity index (χ3v) is 7.09. The number of para-hydroxylation sites is 1. The van der Waals surface area contributed by atoms with Crippen LogP contribution < -0.4 is 24.9 Å². The smallest absolute Gasteiger partial charge is 0.271 e. The van der Waals surface area contributed by atoms with Gasteiger partial charge in [-0.05, 0) is 60.5 Å². The summed E-state index contributed by atoms with van der Waals surface area (Å²) in [6.07, 6.45) is 1.67. The summed E-state index contributed by atoms with van der Waals surface area (Å²) in [4.78, 5) is 42.9. The molecule has 38 heavy (non-hydrogen) atoms. The zero-order valence-corrected chi connectivity index (χ0v) is 21.3. The maximum Gasteiger partial charge on any atom is 0.271 e. The fourth-order valence-corrected chi connectivity index (χ4v) is 5.35. The average molecular weight is 527 g/mol. The minimum Gasteiger partial charge on any atom is -0.497 e. The zero-order chi connectivity index (χ0) is 26.8. The summed E-state index contributed by atoms with van der Waals surface area (Å²) in [6.45, 7) is 1.75. The van der Waals surface area contributed by atoms with Crippen molar-refractivity contribution in [3.05, 3.63) is 131 Å². The van der Waals surface area contributed by atoms with Crippen molar-refractivity contribution < 1.29 is 14.5 Å². The van der Waals surface area contributed by atoms with E-state index in [1.165, 1.54) is 28.0 Å². The van der Waals surface area contributed by atoms with Crippen LogP contribution in [0.3, 0.4) is 0 Å². The number of thiazole rings is 1. The number of carbonyl (C=O) groups is 1. The summed E-state index contributed by atoms with van der Waals surface area (Å²) in [6, 6.07) is 21.5. The molecule has 0 fully saturated rings. The van der Waals surface area contributed by atoms with Crippen molar-refractivity contribution in [2.45, 2.75) is 13.0 Å². The molecule has 10 heteroatoms. The number of hydrogen-bond donors (Lipinski definition) is 1. The molecule has 1 N–H and O–H groups in total. The van der Waals surface area contributed by atoms with Crippen molar-refractivity contribution in [1.29, 1.82) is 0 Å². The highest BCUT2D eigenvalue weighted by Gasteiger charge is 2.32. The number of allylic oxidation sites excluding steroid dienone is 1. The first-order valence-electron chi connectivity index (χ1n) is 11.6. The summed E-state index contributed by atoms with van der Waals surface area (Å²) in [5.74, 6) is 0.225. The molecule has 5 rings (SSSR count). The number of hydrogen-bond acceptors (Lipinski definition) is 7. The maximum absolute atomic E-state index is 13.8. The van der Waals surface area contributed by atoms with Crippen LogP contribution in [0.25, 0.3) is 6.08 Å². The van der Waals surface area contributed by atoms with Crippen LogP contribution in [-0.2, 0) is 4.79 Å². The molecule has 190 valence electrons. The second-order valence-corrected chi connectivity index (χ2v) is 9.54. The highest BCUT2D eigenvalue weighted by Crippen LogP contribution is 2.32. The van der Waals surface area contributed by atoms with E-state index in [4.69, 9.17) is 4.74 Å². The van der Waals surface area contributed by atoms with E-state index in [1.54, 1.807) is 56.5 Å². The summed E-state index contributed by atoms with van der Waals surface area (Å²) in [5.41, 5.74) is 2.43. The zero-order valence-electron chi connectivity index (χ0n) is 20.5. The number of fused-ring (bicyclic) bond motifs is 1. The number of methoxy groups -OCH3 is 1. The molecule has 1 aliphatic heterocycles. The third-order valence-electron chi connectivity index (χ3n) is 6.11. The lowest BCUT2D eigenvalue weighted by atomic mass is 9.95. The maximum atomic E-state index is 13.8. The number of anilines is 1. The van der Waals surface area contributed by atoms with Crippen LogP contribution in [0.5, 0.6) is 5.75 Å². The fraction of sp³-hybridized carbons (Fsp3) is 0.107. The van der Waals surface area contributed by atoms with E-state index < -0.39 is 11.0 Å². The number of aromatic nitrogens is 1. The molecule has 0 radical (unpaired) electrons. The van der Waals surface area contributed by atoms with Gasteiger partial charge in [-0.1, -0.05) is 41.7 Å². The second-order valence-electron chi connectivity index (χ2n) is 8.53. The molecule has 4 aromatic rings. The van der Waals surface area contributed by atoms with Crippen LogP contribution in [0, 0.1) is 10.1 Å². The van der Waals surface area contributed by atoms with Crippen molar-refractivity contribution in [3.63, 3.8) is 0 Å². The molecule has 1 aromatic heterocycles. The molecule has 0 bridgehead atoms. The van der Waals surface area contributed by atoms with Gasteiger partial charge in [-0.15, -0.1) is 0 Å². The van der Waals surface area contributed by atoms with Crippen molar-refractivity contribution >= 4 is 34.7 Å². The Bertz CT molecular complexity index is 1760. The van der Waals surface area contributed by atoms with E-state index >= 15 is 0 Å². The van der Waals surface area contributed by atoms with Gasteiger partial charge in [0.05, 0.1) is 33.9 Å². The Kier molecular flexibility index (Phi) is 6.71. The number of carbonyl (C=O) groups excluding carboxylic acids is 1. The summed E-state index contributed by atoms with van der Waals surface area (Å²) in [7, 11) is 1.55. The number of ether oxygens (including phenoxy) is 1. The topological polar surface area (TPSA) is 116 Å². The predicted octanol–water partition coefficient (Wildman–Crippen LogP) is 3.79. The van der Waals surface area contributed by atoms with E-state index in [0.717, 1.165) is 0 Å². The molecule has 0 aliphatic carbocycles. The number of nitro groups is 1. The molecule has 0 saturated heterocycles. The van der Waals surface area contributed by atoms with E-state index in [0.29, 0.717) is 43.2 Å². The molecule has 1 atom stereocenters. The minimum absolute atomic E-state index is 0.0358. The van der Waals surface area contributed by atoms with Crippen LogP contribution in [0.2, 0.25) is 0 Å². The molecule has 1 amide bonds. The van der Waals surface area contributed by atoms with Gasteiger partial charge in [-0.2, -0.15) is 0 Å². The Labute approximate surface area is 220 Å². The van der Waals surface area contributed by atoms with Crippen molar-refractivity contribution in [2.24, 2.45) is 4.99 Å². The van der Waals surface area contributed by atoms with Crippen molar-refractivity contribution in [1.82, 2.24) is 4.57 Å². The molecular formula is C28H22N4O5S. The number of non-ortho nitro benzene ring substituents is 1. The minimum atomic E-state index is -0.746. The second kappa shape index (κ2) is 10.3. The lowest BCUT2D eigenvalue weighted by Crippen LogP contribution is -2.40. The standard InChI is InChI=1S/C28H22N4O5S/c1-17-24(26(33)30-20-8-4-3-5-9-20)25(19-7-6-10-22(16-19)37-2)31-27(34)23(38-28(31)29-17)15-18-11-13-21(14-12-18)32(35)36/h3-16,25H,1-2H3,(H,30,33)/b23-15-/t25-/m1/s1. The Morgan fingerprint density at radius 2 is 1.84 bits per heavy atom. The summed E-state index contributed by atoms with van der Waals surface area (Å²) < 4.78 is 7.32. The number of nitrogens with one attached hydrogen (secondary N) is 1. The van der Waals surface area contributed by atoms with Crippen LogP contribution in [0.15, 0.2) is 99.9 Å². The average Bonchev–Trinajstić information content (AvgIpc) is 3.22. The molecule has 0 saturated carbocycles. The van der Waals surface area contributed by atoms with E-state index in [1.807, 2.05) is 30.3 Å². The largest absolute Gasteiger partial charge is 0.497 e. The van der Waals surface area contributed by atoms with Gasteiger partial charge in [-0.3, -0.25) is 24.3 Å². The first-order valence-corrected chi connectivity index (χ1v) is 12.4. The number of nitro benzene ring substituents is 1. The van der Waals surface area contributed by atoms with Gasteiger partial charge in [0.25, 0.3) is 17.2 Å². The Balaban J connectivity index is 1.66. The quantitative estimate of drug-likeness (QED) is 0.303. The Morgan fingerprint density at radius 1 is 1.11 bits per heavy atom. The van der Waals surface area contributed by atoms with Gasteiger partial charge in [0.2, 0.25) is 0 Å². The lowest BCUT2D eigenvalue weighted by Gasteiger charge is -2.25. The molecular weight excluding hydrogens is 504 g/mol. The highest BCUT2D eigenvalue weighted by molar-refractivity contribution is 7.07. The van der Waals surface area contributed by atoms with Gasteiger partial charge in [0.15, 0.2) is 4.80 Å². The van der Waals surface area contributed by atoms with Gasteiger partial charge >= 0.3 is 0 Å². The highest BCUT2D eigenvalue weighted by atomic mass is 32.1. The lowest BCUT2D eigenvalue weighted by molar-refractivity contribution is -0.384. The van der Waals surface area contributed by atoms with Crippen LogP contribution >= 0.6 is 11.3 Å². The number of nitrogens with zero attached hydrogens (tertiary/aromatic N) is 3. The van der Waals surface area contributed by atoms with Gasteiger partial charge in [0, 0.05) is 17.8 Å². The molecule has 9 nitrogen and oxygen atoms in total. The first-order chi connectivity index (χ1) is 18.4. The Hall–Kier alpha value is -4.83. The monoisotopic (exact) mass is 526 g/mol. The van der Waals surface area contributed by atoms with Crippen LogP contribution in [0.1, 0.15) is 24.1 Å². The van der Waals surface area contributed by atoms with Gasteiger partial charge in [0.1, 0.15) is 5.75 Å². The predicted molar refractivity (Wildman–Crippen MR) is 145 cm³/mol. The normalized spacial score (nSPS) is 15.0. The number of rotatable bonds is 6. The molecule has 0 unspecified atom stereocenters. The van der Waals surface area contributed by atoms with Crippen molar-refractivity contribution in [3.8, 4) is 5.75 Å². The Morgan fingerprint density at radius 3 is 2.53 bits per heavy atom. The summed E-state index contributed by atoms with van der Waals surface area (Å²) in [5, 5.41) is 13.9. The molecule has 2 heterocycles. The number of amides is 1. The fourth-order valence-electron chi connectivity index (χ4n) is 4.30. The van der Waals surface area contributed by atoms with E-state index in [9.17, 15) is 19.7 Å². The molecule has 3 aromatic carbocycles. The third kappa shape index (κ3) is 4.76. The van der Waals surface area contributed by atoms with Gasteiger partial charge < -0.3 is 10.1 Å². The molecule has 1 aliphatic rings. The van der Waals surface area contributed by atoms with Crippen LogP contribution in [0.4, 0.5) is 11.4 Å². The van der Waals surface area contributed by atoms with E-state index in [2.05, 4.69) is 10.3 Å². The van der Waals surface area contributed by atoms with Gasteiger partial charge in [-0.25, -0.2) is 4.99 Å². The van der Waals surface area contributed by atoms with Crippen molar-refractivity contribution in [2.75, 3.05) is 12.4 Å². The number of benzene rings is 3. The van der Waals surface area contributed by atoms with E-state index in [-0.39, 0.29) is 17.2 Å². The van der Waals surface area contributed by atoms with Crippen LogP contribution in [-0.4, -0.2) is 22.5 Å².